The topological polar surface area (TPSA) is 130 Å². The van der Waals surface area contributed by atoms with E-state index in [9.17, 15) is 19.5 Å². The predicted molar refractivity (Wildman–Crippen MR) is 172 cm³/mol. The number of aliphatic hydroxyl groups excluding tert-OH is 3. The molecule has 2 atom stereocenters. The van der Waals surface area contributed by atoms with Gasteiger partial charge in [0.1, 0.15) is 18.8 Å². The van der Waals surface area contributed by atoms with Crippen molar-refractivity contribution in [3.05, 3.63) is 100 Å². The molecule has 0 saturated heterocycles. The fourth-order valence-corrected chi connectivity index (χ4v) is 3.73. The zero-order valence-electron chi connectivity index (χ0n) is 21.2. The molecular formula is C28H29I3O8. The van der Waals surface area contributed by atoms with Crippen LogP contribution in [0.5, 0.6) is 0 Å². The van der Waals surface area contributed by atoms with Gasteiger partial charge in [-0.25, -0.2) is 0 Å². The third-order valence-corrected chi connectivity index (χ3v) is 6.86. The summed E-state index contributed by atoms with van der Waals surface area (Å²) in [6, 6.07) is 21.9. The summed E-state index contributed by atoms with van der Waals surface area (Å²) in [6.45, 7) is 2.20. The van der Waals surface area contributed by atoms with Crippen molar-refractivity contribution in [1.82, 2.24) is 0 Å². The first kappa shape index (κ1) is 35.4. The molecule has 0 radical (unpaired) electrons. The van der Waals surface area contributed by atoms with Crippen LogP contribution in [0.3, 0.4) is 0 Å². The highest BCUT2D eigenvalue weighted by atomic mass is 127. The van der Waals surface area contributed by atoms with E-state index >= 15 is 0 Å². The lowest BCUT2D eigenvalue weighted by atomic mass is 10.1. The number of Topliss-reactive ketones (excluding diaryl/α,β-unsaturated/α-hetero) is 1. The van der Waals surface area contributed by atoms with Gasteiger partial charge in [0.05, 0.1) is 6.61 Å². The number of hydrogen-bond donors (Lipinski definition) is 3. The Balaban J connectivity index is 0.000000295. The number of carbonyl (C=O) groups excluding carboxylic acids is 3. The number of rotatable bonds is 8. The number of ether oxygens (including phenoxy) is 2. The Hall–Kier alpha value is -1.66. The Labute approximate surface area is 268 Å². The molecule has 11 heteroatoms. The van der Waals surface area contributed by atoms with Crippen molar-refractivity contribution in [3.63, 3.8) is 0 Å². The van der Waals surface area contributed by atoms with Crippen molar-refractivity contribution in [2.24, 2.45) is 0 Å². The molecule has 0 aromatic heterocycles. The number of aliphatic hydroxyl groups is 3. The normalized spacial score (nSPS) is 11.5. The summed E-state index contributed by atoms with van der Waals surface area (Å²) in [4.78, 5) is 32.3. The highest BCUT2D eigenvalue weighted by molar-refractivity contribution is 14.1. The van der Waals surface area contributed by atoms with Gasteiger partial charge in [0.15, 0.2) is 12.4 Å². The van der Waals surface area contributed by atoms with Gasteiger partial charge in [0, 0.05) is 30.1 Å². The van der Waals surface area contributed by atoms with Crippen LogP contribution in [0, 0.1) is 10.7 Å². The second-order valence-corrected chi connectivity index (χ2v) is 11.6. The molecule has 8 nitrogen and oxygen atoms in total. The van der Waals surface area contributed by atoms with Gasteiger partial charge in [-0.05, 0) is 115 Å². The summed E-state index contributed by atoms with van der Waals surface area (Å²) in [5.41, 5.74) is 2.08. The molecule has 3 aromatic carbocycles. The molecule has 0 aliphatic rings. The van der Waals surface area contributed by atoms with Gasteiger partial charge < -0.3 is 24.8 Å². The van der Waals surface area contributed by atoms with Crippen LogP contribution in [0.2, 0.25) is 0 Å². The summed E-state index contributed by atoms with van der Waals surface area (Å²) < 4.78 is 12.6. The van der Waals surface area contributed by atoms with Crippen LogP contribution >= 0.6 is 67.8 Å². The van der Waals surface area contributed by atoms with E-state index in [0.29, 0.717) is 5.56 Å². The molecule has 0 aliphatic carbocycles. The Morgan fingerprint density at radius 2 is 1.05 bits per heavy atom. The predicted octanol–water partition coefficient (Wildman–Crippen LogP) is 5.24. The number of esters is 2. The molecule has 39 heavy (non-hydrogen) atoms. The standard InChI is InChI=1S/C10H11IO3.C10H9IO3.C8H9IO2/c2*1-7(12)14-6-10(13)8-2-4-9(11)5-3-8;9-7-3-1-6(2-4-7)8(11)5-10/h2-5,10,13H,6H2,1H3;2-5H,6H2,1H3;1-4,8,10-11H,5H2/t10-;;8-/m1.1/s1. The Morgan fingerprint density at radius 3 is 1.44 bits per heavy atom. The monoisotopic (exact) mass is 874 g/mol. The second kappa shape index (κ2) is 19.4. The molecule has 0 spiro atoms. The summed E-state index contributed by atoms with van der Waals surface area (Å²) in [6.07, 6.45) is -1.48. The van der Waals surface area contributed by atoms with E-state index in [0.717, 1.165) is 21.8 Å². The van der Waals surface area contributed by atoms with Crippen LogP contribution in [0.4, 0.5) is 0 Å². The molecule has 3 rings (SSSR count). The fourth-order valence-electron chi connectivity index (χ4n) is 2.65. The molecule has 0 amide bonds. The lowest BCUT2D eigenvalue weighted by Crippen LogP contribution is -2.11. The largest absolute Gasteiger partial charge is 0.463 e. The average molecular weight is 874 g/mol. The molecule has 0 bridgehead atoms. The third kappa shape index (κ3) is 15.6. The quantitative estimate of drug-likeness (QED) is 0.159. The van der Waals surface area contributed by atoms with Crippen LogP contribution in [0.25, 0.3) is 0 Å². The van der Waals surface area contributed by atoms with E-state index in [1.165, 1.54) is 13.8 Å². The first-order valence-corrected chi connectivity index (χ1v) is 14.7. The van der Waals surface area contributed by atoms with E-state index in [1.54, 1.807) is 12.1 Å². The number of carbonyl (C=O) groups is 3. The second-order valence-electron chi connectivity index (χ2n) is 7.83. The molecule has 0 fully saturated rings. The number of hydrogen-bond acceptors (Lipinski definition) is 8. The Morgan fingerprint density at radius 1 is 0.667 bits per heavy atom. The molecule has 3 N–H and O–H groups in total. The van der Waals surface area contributed by atoms with Gasteiger partial charge in [-0.1, -0.05) is 36.4 Å². The summed E-state index contributed by atoms with van der Waals surface area (Å²) in [5, 5.41) is 27.4. The molecule has 0 saturated carbocycles. The van der Waals surface area contributed by atoms with Crippen molar-refractivity contribution in [3.8, 4) is 0 Å². The smallest absolute Gasteiger partial charge is 0.303 e. The lowest BCUT2D eigenvalue weighted by molar-refractivity contribution is -0.144. The highest BCUT2D eigenvalue weighted by Crippen LogP contribution is 2.15. The maximum absolute atomic E-state index is 11.4. The fraction of sp³-hybridized carbons (Fsp3) is 0.250. The third-order valence-electron chi connectivity index (χ3n) is 4.70. The first-order valence-electron chi connectivity index (χ1n) is 11.5. The van der Waals surface area contributed by atoms with E-state index < -0.39 is 18.2 Å². The molecule has 210 valence electrons. The first-order chi connectivity index (χ1) is 18.4. The van der Waals surface area contributed by atoms with Gasteiger partial charge in [0.2, 0.25) is 0 Å². The number of halogens is 3. The maximum atomic E-state index is 11.4. The maximum Gasteiger partial charge on any atom is 0.303 e. The van der Waals surface area contributed by atoms with Gasteiger partial charge in [-0.3, -0.25) is 14.4 Å². The number of benzene rings is 3. The molecule has 0 heterocycles. The van der Waals surface area contributed by atoms with Crippen LogP contribution < -0.4 is 0 Å². The van der Waals surface area contributed by atoms with Gasteiger partial charge >= 0.3 is 11.9 Å². The minimum atomic E-state index is -0.744. The van der Waals surface area contributed by atoms with Crippen molar-refractivity contribution in [2.45, 2.75) is 26.1 Å². The molecule has 0 aliphatic heterocycles. The van der Waals surface area contributed by atoms with Gasteiger partial charge in [-0.15, -0.1) is 0 Å². The van der Waals surface area contributed by atoms with E-state index in [-0.39, 0.29) is 31.6 Å². The SMILES string of the molecule is CC(=O)OCC(=O)c1ccc(I)cc1.CC(=O)OC[C@@H](O)c1ccc(I)cc1.OC[C@@H](O)c1ccc(I)cc1. The summed E-state index contributed by atoms with van der Waals surface area (Å²) in [5.74, 6) is -1.00. The van der Waals surface area contributed by atoms with Crippen LogP contribution in [-0.4, -0.2) is 52.9 Å². The van der Waals surface area contributed by atoms with E-state index in [1.807, 2.05) is 60.7 Å². The van der Waals surface area contributed by atoms with Crippen molar-refractivity contribution in [2.75, 3.05) is 19.8 Å². The Kier molecular flexibility index (Phi) is 17.6. The zero-order chi connectivity index (χ0) is 29.4. The minimum Gasteiger partial charge on any atom is -0.463 e. The van der Waals surface area contributed by atoms with Crippen LogP contribution in [0.1, 0.15) is 47.5 Å². The van der Waals surface area contributed by atoms with E-state index in [4.69, 9.17) is 14.9 Å². The Bertz CT molecular complexity index is 1170. The minimum absolute atomic E-state index is 0.00985. The summed E-state index contributed by atoms with van der Waals surface area (Å²) in [7, 11) is 0. The van der Waals surface area contributed by atoms with E-state index in [2.05, 4.69) is 72.5 Å². The molecular weight excluding hydrogens is 845 g/mol. The van der Waals surface area contributed by atoms with Crippen molar-refractivity contribution in [1.29, 1.82) is 0 Å². The van der Waals surface area contributed by atoms with Crippen LogP contribution in [0.15, 0.2) is 72.8 Å². The molecule has 0 unspecified atom stereocenters. The molecule has 3 aromatic rings. The zero-order valence-corrected chi connectivity index (χ0v) is 27.7. The van der Waals surface area contributed by atoms with Crippen molar-refractivity contribution < 1.29 is 39.2 Å². The average Bonchev–Trinajstić information content (AvgIpc) is 2.92. The van der Waals surface area contributed by atoms with Gasteiger partial charge in [-0.2, -0.15) is 0 Å². The lowest BCUT2D eigenvalue weighted by Gasteiger charge is -2.10. The highest BCUT2D eigenvalue weighted by Gasteiger charge is 2.09. The number of ketones is 1. The summed E-state index contributed by atoms with van der Waals surface area (Å²) >= 11 is 6.53. The van der Waals surface area contributed by atoms with Crippen molar-refractivity contribution >= 4 is 85.5 Å². The van der Waals surface area contributed by atoms with Gasteiger partial charge in [0.25, 0.3) is 0 Å². The van der Waals surface area contributed by atoms with Crippen LogP contribution in [-0.2, 0) is 19.1 Å².